The van der Waals surface area contributed by atoms with Crippen molar-refractivity contribution in [1.29, 1.82) is 0 Å². The average molecular weight is 393 g/mol. The van der Waals surface area contributed by atoms with Crippen LogP contribution in [-0.2, 0) is 4.74 Å². The number of nitrogens with zero attached hydrogens (tertiary/aromatic N) is 6. The molecule has 9 heteroatoms. The van der Waals surface area contributed by atoms with Crippen molar-refractivity contribution in [3.8, 4) is 17.0 Å². The molecule has 4 heterocycles. The summed E-state index contributed by atoms with van der Waals surface area (Å²) >= 11 is 0. The van der Waals surface area contributed by atoms with Crippen molar-refractivity contribution in [1.82, 2.24) is 25.1 Å². The van der Waals surface area contributed by atoms with Crippen LogP contribution in [0.5, 0.6) is 5.88 Å². The van der Waals surface area contributed by atoms with Gasteiger partial charge in [-0.25, -0.2) is 9.97 Å². The summed E-state index contributed by atoms with van der Waals surface area (Å²) in [5.41, 5.74) is 1.81. The molecule has 9 nitrogen and oxygen atoms in total. The lowest BCUT2D eigenvalue weighted by Crippen LogP contribution is -2.46. The molecule has 0 amide bonds. The normalized spacial score (nSPS) is 19.1. The Kier molecular flexibility index (Phi) is 5.48. The second kappa shape index (κ2) is 8.36. The van der Waals surface area contributed by atoms with E-state index in [2.05, 4.69) is 49.2 Å². The molecule has 0 spiro atoms. The number of anilines is 3. The predicted molar refractivity (Wildman–Crippen MR) is 109 cm³/mol. The molecule has 1 saturated heterocycles. The van der Waals surface area contributed by atoms with Crippen LogP contribution < -0.4 is 15.0 Å². The van der Waals surface area contributed by atoms with E-state index in [1.54, 1.807) is 31.8 Å². The second-order valence-electron chi connectivity index (χ2n) is 6.95. The summed E-state index contributed by atoms with van der Waals surface area (Å²) in [6.45, 7) is 5.63. The number of pyridine rings is 1. The number of nitrogens with one attached hydrogen (secondary N) is 1. The van der Waals surface area contributed by atoms with E-state index in [1.165, 1.54) is 0 Å². The Balaban J connectivity index is 1.52. The third-order valence-corrected chi connectivity index (χ3v) is 4.53. The van der Waals surface area contributed by atoms with Crippen LogP contribution in [0.3, 0.4) is 0 Å². The van der Waals surface area contributed by atoms with E-state index in [4.69, 9.17) is 9.47 Å². The highest BCUT2D eigenvalue weighted by Crippen LogP contribution is 2.23. The van der Waals surface area contributed by atoms with Crippen molar-refractivity contribution < 1.29 is 9.47 Å². The lowest BCUT2D eigenvalue weighted by atomic mass is 10.1. The van der Waals surface area contributed by atoms with Crippen LogP contribution in [0, 0.1) is 0 Å². The van der Waals surface area contributed by atoms with E-state index in [1.807, 2.05) is 18.2 Å². The molecule has 29 heavy (non-hydrogen) atoms. The van der Waals surface area contributed by atoms with E-state index in [0.717, 1.165) is 24.2 Å². The largest absolute Gasteiger partial charge is 0.481 e. The zero-order valence-electron chi connectivity index (χ0n) is 16.6. The smallest absolute Gasteiger partial charge is 0.227 e. The van der Waals surface area contributed by atoms with Gasteiger partial charge in [-0.2, -0.15) is 10.1 Å². The van der Waals surface area contributed by atoms with Gasteiger partial charge in [0.1, 0.15) is 5.82 Å². The number of ether oxygens (including phenoxy) is 2. The molecule has 1 aliphatic heterocycles. The van der Waals surface area contributed by atoms with Crippen LogP contribution in [0.15, 0.2) is 42.9 Å². The fourth-order valence-electron chi connectivity index (χ4n) is 3.30. The number of hydrogen-bond acceptors (Lipinski definition) is 9. The zero-order chi connectivity index (χ0) is 20.2. The molecule has 1 N–H and O–H groups in total. The molecule has 1 fully saturated rings. The Morgan fingerprint density at radius 1 is 1.03 bits per heavy atom. The maximum Gasteiger partial charge on any atom is 0.227 e. The molecular weight excluding hydrogens is 370 g/mol. The standard InChI is InChI=1S/C20H23N7O2/c1-13-11-27(12-14(2)29-13)20-21-7-6-17(25-20)24-18-8-16(10-23-26-18)15-4-5-19(28-3)22-9-15/h4-10,13-14H,11-12H2,1-3H3,(H,21,24,25,26)/t13-,14+. The van der Waals surface area contributed by atoms with E-state index < -0.39 is 0 Å². The maximum atomic E-state index is 5.79. The Morgan fingerprint density at radius 3 is 2.59 bits per heavy atom. The van der Waals surface area contributed by atoms with Gasteiger partial charge in [-0.15, -0.1) is 5.10 Å². The molecule has 3 aromatic rings. The third-order valence-electron chi connectivity index (χ3n) is 4.53. The van der Waals surface area contributed by atoms with E-state index in [-0.39, 0.29) is 12.2 Å². The number of rotatable bonds is 5. The Hall–Kier alpha value is -3.33. The lowest BCUT2D eigenvalue weighted by Gasteiger charge is -2.35. The molecule has 0 unspecified atom stereocenters. The van der Waals surface area contributed by atoms with Crippen molar-refractivity contribution in [3.05, 3.63) is 42.9 Å². The number of aromatic nitrogens is 5. The minimum absolute atomic E-state index is 0.139. The van der Waals surface area contributed by atoms with Crippen LogP contribution in [0.1, 0.15) is 13.8 Å². The van der Waals surface area contributed by atoms with Crippen molar-refractivity contribution in [2.24, 2.45) is 0 Å². The summed E-state index contributed by atoms with van der Waals surface area (Å²) < 4.78 is 10.9. The topological polar surface area (TPSA) is 98.2 Å². The molecule has 3 aromatic heterocycles. The van der Waals surface area contributed by atoms with Gasteiger partial charge in [0.2, 0.25) is 11.8 Å². The van der Waals surface area contributed by atoms with Gasteiger partial charge < -0.3 is 19.7 Å². The number of morpholine rings is 1. The van der Waals surface area contributed by atoms with Gasteiger partial charge in [0, 0.05) is 42.7 Å². The summed E-state index contributed by atoms with van der Waals surface area (Å²) in [7, 11) is 1.59. The van der Waals surface area contributed by atoms with Gasteiger partial charge in [-0.05, 0) is 32.0 Å². The highest BCUT2D eigenvalue weighted by molar-refractivity contribution is 5.66. The first-order chi connectivity index (χ1) is 14.1. The van der Waals surface area contributed by atoms with Gasteiger partial charge >= 0.3 is 0 Å². The van der Waals surface area contributed by atoms with Gasteiger partial charge in [-0.3, -0.25) is 0 Å². The third kappa shape index (κ3) is 4.57. The first-order valence-electron chi connectivity index (χ1n) is 9.44. The highest BCUT2D eigenvalue weighted by Gasteiger charge is 2.24. The quantitative estimate of drug-likeness (QED) is 0.701. The van der Waals surface area contributed by atoms with Gasteiger partial charge in [0.15, 0.2) is 5.82 Å². The van der Waals surface area contributed by atoms with Gasteiger partial charge in [0.25, 0.3) is 0 Å². The van der Waals surface area contributed by atoms with E-state index >= 15 is 0 Å². The highest BCUT2D eigenvalue weighted by atomic mass is 16.5. The summed E-state index contributed by atoms with van der Waals surface area (Å²) in [5.74, 6) is 2.47. The molecule has 2 atom stereocenters. The number of hydrogen-bond donors (Lipinski definition) is 1. The molecule has 0 saturated carbocycles. The molecule has 0 bridgehead atoms. The minimum atomic E-state index is 0.139. The summed E-state index contributed by atoms with van der Waals surface area (Å²) in [6.07, 6.45) is 5.44. The Bertz CT molecular complexity index is 957. The first-order valence-corrected chi connectivity index (χ1v) is 9.44. The van der Waals surface area contributed by atoms with Crippen LogP contribution in [0.4, 0.5) is 17.6 Å². The molecule has 4 rings (SSSR count). The molecule has 150 valence electrons. The Labute approximate surface area is 169 Å². The van der Waals surface area contributed by atoms with E-state index in [0.29, 0.717) is 23.5 Å². The summed E-state index contributed by atoms with van der Waals surface area (Å²) in [6, 6.07) is 7.44. The van der Waals surface area contributed by atoms with Crippen molar-refractivity contribution in [2.75, 3.05) is 30.4 Å². The number of methoxy groups -OCH3 is 1. The lowest BCUT2D eigenvalue weighted by molar-refractivity contribution is -0.00571. The minimum Gasteiger partial charge on any atom is -0.481 e. The van der Waals surface area contributed by atoms with Gasteiger partial charge in [0.05, 0.1) is 25.5 Å². The molecule has 1 aliphatic rings. The molecule has 0 aliphatic carbocycles. The summed E-state index contributed by atoms with van der Waals surface area (Å²) in [4.78, 5) is 15.4. The second-order valence-corrected chi connectivity index (χ2v) is 6.95. The van der Waals surface area contributed by atoms with E-state index in [9.17, 15) is 0 Å². The monoisotopic (exact) mass is 393 g/mol. The van der Waals surface area contributed by atoms with Crippen molar-refractivity contribution in [2.45, 2.75) is 26.1 Å². The molecule has 0 radical (unpaired) electrons. The maximum absolute atomic E-state index is 5.79. The Morgan fingerprint density at radius 2 is 1.86 bits per heavy atom. The molecule has 0 aromatic carbocycles. The predicted octanol–water partition coefficient (Wildman–Crippen LogP) is 2.69. The fraction of sp³-hybridized carbons (Fsp3) is 0.350. The van der Waals surface area contributed by atoms with Crippen LogP contribution in [0.25, 0.3) is 11.1 Å². The van der Waals surface area contributed by atoms with Crippen LogP contribution >= 0.6 is 0 Å². The average Bonchev–Trinajstić information content (AvgIpc) is 2.73. The van der Waals surface area contributed by atoms with Crippen molar-refractivity contribution in [3.63, 3.8) is 0 Å². The fourth-order valence-corrected chi connectivity index (χ4v) is 3.30. The van der Waals surface area contributed by atoms with Crippen LogP contribution in [-0.4, -0.2) is 57.6 Å². The first kappa shape index (κ1) is 19.0. The zero-order valence-corrected chi connectivity index (χ0v) is 16.6. The molecular formula is C20H23N7O2. The van der Waals surface area contributed by atoms with Gasteiger partial charge in [-0.1, -0.05) is 0 Å². The van der Waals surface area contributed by atoms with Crippen LogP contribution in [0.2, 0.25) is 0 Å². The van der Waals surface area contributed by atoms with Crippen molar-refractivity contribution >= 4 is 17.6 Å². The SMILES string of the molecule is COc1ccc(-c2cnnc(Nc3ccnc(N4C[C@@H](C)O[C@@H](C)C4)n3)c2)cn1. The summed E-state index contributed by atoms with van der Waals surface area (Å²) in [5, 5.41) is 11.5.